The fourth-order valence-electron chi connectivity index (χ4n) is 1.99. The summed E-state index contributed by atoms with van der Waals surface area (Å²) in [5.41, 5.74) is -0.00739. The summed E-state index contributed by atoms with van der Waals surface area (Å²) in [5.74, 6) is 0.498. The number of aliphatic hydroxyl groups excluding tert-OH is 1. The molecule has 5 heteroatoms. The highest BCUT2D eigenvalue weighted by Gasteiger charge is 2.38. The molecule has 1 aliphatic carbocycles. The first-order chi connectivity index (χ1) is 8.00. The van der Waals surface area contributed by atoms with E-state index in [-0.39, 0.29) is 0 Å². The average Bonchev–Trinajstić information content (AvgIpc) is 2.59. The first kappa shape index (κ1) is 12.2. The lowest BCUT2D eigenvalue weighted by molar-refractivity contribution is 0.156. The topological polar surface area (TPSA) is 47.3 Å². The summed E-state index contributed by atoms with van der Waals surface area (Å²) in [4.78, 5) is 0. The van der Waals surface area contributed by atoms with Gasteiger partial charge in [-0.25, -0.2) is 4.68 Å². The summed E-state index contributed by atoms with van der Waals surface area (Å²) in [6.07, 6.45) is 6.65. The number of aliphatic hydroxyl groups is 1. The molecule has 4 nitrogen and oxygen atoms in total. The zero-order chi connectivity index (χ0) is 12.6. The van der Waals surface area contributed by atoms with Crippen molar-refractivity contribution in [3.63, 3.8) is 0 Å². The van der Waals surface area contributed by atoms with Gasteiger partial charge in [-0.05, 0) is 6.92 Å². The van der Waals surface area contributed by atoms with E-state index >= 15 is 0 Å². The molecule has 0 fully saturated rings. The van der Waals surface area contributed by atoms with E-state index in [0.29, 0.717) is 16.6 Å². The second-order valence-corrected chi connectivity index (χ2v) is 4.64. The minimum absolute atomic E-state index is 0.441. The molecule has 2 atom stereocenters. The van der Waals surface area contributed by atoms with Gasteiger partial charge in [0.25, 0.3) is 0 Å². The van der Waals surface area contributed by atoms with Crippen molar-refractivity contribution in [2.24, 2.45) is 7.05 Å². The zero-order valence-corrected chi connectivity index (χ0v) is 10.8. The third kappa shape index (κ3) is 1.77. The van der Waals surface area contributed by atoms with Gasteiger partial charge in [0, 0.05) is 7.05 Å². The molecule has 1 N–H and O–H groups in total. The molecule has 0 saturated carbocycles. The van der Waals surface area contributed by atoms with Crippen LogP contribution in [0.5, 0.6) is 5.88 Å². The second-order valence-electron chi connectivity index (χ2n) is 4.27. The van der Waals surface area contributed by atoms with Gasteiger partial charge in [0.05, 0.1) is 24.3 Å². The molecule has 0 bridgehead atoms. The van der Waals surface area contributed by atoms with Gasteiger partial charge in [-0.2, -0.15) is 5.10 Å². The Hall–Kier alpha value is -1.26. The van der Waals surface area contributed by atoms with Crippen molar-refractivity contribution < 1.29 is 9.84 Å². The summed E-state index contributed by atoms with van der Waals surface area (Å²) in [5, 5.41) is 14.9. The molecule has 0 aromatic carbocycles. The molecular formula is C12H15ClN2O2. The molecule has 0 amide bonds. The quantitative estimate of drug-likeness (QED) is 0.876. The molecule has 1 heterocycles. The van der Waals surface area contributed by atoms with Gasteiger partial charge in [0.2, 0.25) is 5.88 Å². The number of aromatic nitrogens is 2. The van der Waals surface area contributed by atoms with E-state index in [1.807, 2.05) is 19.1 Å². The maximum atomic E-state index is 10.1. The number of rotatable bonds is 2. The average molecular weight is 255 g/mol. The minimum Gasteiger partial charge on any atom is -0.480 e. The van der Waals surface area contributed by atoms with Crippen molar-refractivity contribution in [1.29, 1.82) is 0 Å². The number of halogens is 1. The van der Waals surface area contributed by atoms with Crippen LogP contribution >= 0.6 is 11.6 Å². The van der Waals surface area contributed by atoms with E-state index in [2.05, 4.69) is 5.10 Å². The number of hydrogen-bond donors (Lipinski definition) is 1. The van der Waals surface area contributed by atoms with E-state index in [1.165, 1.54) is 0 Å². The monoisotopic (exact) mass is 254 g/mol. The number of allylic oxidation sites excluding steroid dienone is 2. The van der Waals surface area contributed by atoms with Crippen LogP contribution in [0.1, 0.15) is 12.6 Å². The standard InChI is InChI=1S/C12H15ClN2O2/c1-12(7-5-4-6-8(12)16)10-9(13)11(17-3)15(2)14-10/h4-8,16H,1-3H3. The van der Waals surface area contributed by atoms with Crippen molar-refractivity contribution in [2.45, 2.75) is 18.4 Å². The van der Waals surface area contributed by atoms with Gasteiger partial charge < -0.3 is 9.84 Å². The third-order valence-electron chi connectivity index (χ3n) is 3.10. The number of methoxy groups -OCH3 is 1. The normalized spacial score (nSPS) is 27.5. The Labute approximate surface area is 105 Å². The fraction of sp³-hybridized carbons (Fsp3) is 0.417. The number of ether oxygens (including phenoxy) is 1. The molecule has 2 unspecified atom stereocenters. The lowest BCUT2D eigenvalue weighted by atomic mass is 9.78. The second kappa shape index (κ2) is 4.20. The lowest BCUT2D eigenvalue weighted by Gasteiger charge is -2.30. The Kier molecular flexibility index (Phi) is 3.02. The van der Waals surface area contributed by atoms with Crippen LogP contribution in [0, 0.1) is 0 Å². The van der Waals surface area contributed by atoms with Gasteiger partial charge in [-0.3, -0.25) is 0 Å². The maximum absolute atomic E-state index is 10.1. The van der Waals surface area contributed by atoms with Gasteiger partial charge in [0.15, 0.2) is 0 Å². The lowest BCUT2D eigenvalue weighted by Crippen LogP contribution is -2.35. The van der Waals surface area contributed by atoms with E-state index in [4.69, 9.17) is 16.3 Å². The molecule has 0 spiro atoms. The van der Waals surface area contributed by atoms with E-state index in [0.717, 1.165) is 0 Å². The number of hydrogen-bond acceptors (Lipinski definition) is 3. The Morgan fingerprint density at radius 2 is 2.24 bits per heavy atom. The SMILES string of the molecule is COc1c(Cl)c(C2(C)C=CC=CC2O)nn1C. The maximum Gasteiger partial charge on any atom is 0.230 e. The Bertz CT molecular complexity index is 493. The highest BCUT2D eigenvalue weighted by Crippen LogP contribution is 2.39. The van der Waals surface area contributed by atoms with Crippen molar-refractivity contribution in [3.05, 3.63) is 35.0 Å². The molecule has 1 aromatic rings. The van der Waals surface area contributed by atoms with Crippen LogP contribution in [0.25, 0.3) is 0 Å². The Morgan fingerprint density at radius 3 is 2.76 bits per heavy atom. The summed E-state index contributed by atoms with van der Waals surface area (Å²) >= 11 is 6.24. The van der Waals surface area contributed by atoms with Crippen molar-refractivity contribution in [3.8, 4) is 5.88 Å². The molecule has 92 valence electrons. The largest absolute Gasteiger partial charge is 0.480 e. The first-order valence-electron chi connectivity index (χ1n) is 5.31. The molecular weight excluding hydrogens is 240 g/mol. The minimum atomic E-state index is -0.649. The van der Waals surface area contributed by atoms with Gasteiger partial charge in [-0.1, -0.05) is 35.9 Å². The summed E-state index contributed by atoms with van der Waals surface area (Å²) in [6, 6.07) is 0. The summed E-state index contributed by atoms with van der Waals surface area (Å²) in [6.45, 7) is 1.89. The van der Waals surface area contributed by atoms with Crippen molar-refractivity contribution in [1.82, 2.24) is 9.78 Å². The predicted molar refractivity (Wildman–Crippen MR) is 66.4 cm³/mol. The molecule has 1 aromatic heterocycles. The molecule has 0 saturated heterocycles. The molecule has 0 aliphatic heterocycles. The predicted octanol–water partition coefficient (Wildman–Crippen LogP) is 1.83. The van der Waals surface area contributed by atoms with Crippen LogP contribution in [0.4, 0.5) is 0 Å². The van der Waals surface area contributed by atoms with Crippen LogP contribution < -0.4 is 4.74 Å². The van der Waals surface area contributed by atoms with Gasteiger partial charge >= 0.3 is 0 Å². The van der Waals surface area contributed by atoms with E-state index in [1.54, 1.807) is 31.0 Å². The molecule has 2 rings (SSSR count). The van der Waals surface area contributed by atoms with Crippen LogP contribution in [0.3, 0.4) is 0 Å². The third-order valence-corrected chi connectivity index (χ3v) is 3.45. The van der Waals surface area contributed by atoms with E-state index < -0.39 is 11.5 Å². The highest BCUT2D eigenvalue weighted by molar-refractivity contribution is 6.32. The molecule has 0 radical (unpaired) electrons. The first-order valence-corrected chi connectivity index (χ1v) is 5.69. The van der Waals surface area contributed by atoms with Crippen molar-refractivity contribution in [2.75, 3.05) is 7.11 Å². The molecule has 1 aliphatic rings. The summed E-state index contributed by atoms with van der Waals surface area (Å²) < 4.78 is 6.74. The zero-order valence-electron chi connectivity index (χ0n) is 10.0. The number of nitrogens with zero attached hydrogens (tertiary/aromatic N) is 2. The van der Waals surface area contributed by atoms with Crippen LogP contribution in [0.2, 0.25) is 5.02 Å². The highest BCUT2D eigenvalue weighted by atomic mass is 35.5. The summed E-state index contributed by atoms with van der Waals surface area (Å²) in [7, 11) is 3.30. The number of aryl methyl sites for hydroxylation is 1. The molecule has 17 heavy (non-hydrogen) atoms. The van der Waals surface area contributed by atoms with Gasteiger partial charge in [-0.15, -0.1) is 0 Å². The van der Waals surface area contributed by atoms with Gasteiger partial charge in [0.1, 0.15) is 5.02 Å². The smallest absolute Gasteiger partial charge is 0.230 e. The fourth-order valence-corrected chi connectivity index (χ4v) is 2.43. The van der Waals surface area contributed by atoms with Crippen LogP contribution in [-0.4, -0.2) is 28.1 Å². The van der Waals surface area contributed by atoms with Crippen LogP contribution in [-0.2, 0) is 12.5 Å². The Morgan fingerprint density at radius 1 is 1.53 bits per heavy atom. The Balaban J connectivity index is 2.54. The van der Waals surface area contributed by atoms with E-state index in [9.17, 15) is 5.11 Å². The van der Waals surface area contributed by atoms with Crippen molar-refractivity contribution >= 4 is 11.6 Å². The van der Waals surface area contributed by atoms with Crippen LogP contribution in [0.15, 0.2) is 24.3 Å².